The smallest absolute Gasteiger partial charge is 0.232 e. The predicted octanol–water partition coefficient (Wildman–Crippen LogP) is 1.33. The Kier molecular flexibility index (Phi) is 8.21. The van der Waals surface area contributed by atoms with E-state index in [1.54, 1.807) is 11.0 Å². The van der Waals surface area contributed by atoms with Gasteiger partial charge in [-0.1, -0.05) is 19.9 Å². The second kappa shape index (κ2) is 8.95. The minimum absolute atomic E-state index is 0.0617. The number of rotatable bonds is 8. The van der Waals surface area contributed by atoms with Gasteiger partial charge in [0.05, 0.1) is 0 Å². The minimum atomic E-state index is -0.234. The summed E-state index contributed by atoms with van der Waals surface area (Å²) in [6.45, 7) is 9.40. The molecule has 0 aromatic heterocycles. The Hall–Kier alpha value is -1.32. The van der Waals surface area contributed by atoms with Crippen molar-refractivity contribution in [2.24, 2.45) is 0 Å². The van der Waals surface area contributed by atoms with Crippen molar-refractivity contribution in [2.45, 2.75) is 33.1 Å². The molecule has 0 atom stereocenters. The van der Waals surface area contributed by atoms with Crippen LogP contribution in [0, 0.1) is 0 Å². The summed E-state index contributed by atoms with van der Waals surface area (Å²) in [5.74, 6) is -0.327. The monoisotopic (exact) mass is 226 g/mol. The fourth-order valence-corrected chi connectivity index (χ4v) is 1.40. The second-order valence-electron chi connectivity index (χ2n) is 3.65. The molecular formula is C12H22N2O2. The summed E-state index contributed by atoms with van der Waals surface area (Å²) in [4.78, 5) is 24.8. The number of nitrogens with one attached hydrogen (secondary N) is 1. The van der Waals surface area contributed by atoms with Crippen LogP contribution in [0.4, 0.5) is 0 Å². The second-order valence-corrected chi connectivity index (χ2v) is 3.65. The Balaban J connectivity index is 4.07. The Morgan fingerprint density at radius 3 is 2.25 bits per heavy atom. The van der Waals surface area contributed by atoms with E-state index < -0.39 is 0 Å². The lowest BCUT2D eigenvalue weighted by molar-refractivity contribution is -0.136. The van der Waals surface area contributed by atoms with E-state index in [1.165, 1.54) is 0 Å². The standard InChI is InChI=1S/C12H22N2O2/c1-4-7-13-11(15)10-12(16)14(8-5-2)9-6-3/h4H,1,5-10H2,2-3H3,(H,13,15). The normalized spacial score (nSPS) is 9.62. The van der Waals surface area contributed by atoms with Gasteiger partial charge in [0.2, 0.25) is 11.8 Å². The van der Waals surface area contributed by atoms with Crippen molar-refractivity contribution >= 4 is 11.8 Å². The van der Waals surface area contributed by atoms with Crippen LogP contribution in [-0.4, -0.2) is 36.3 Å². The van der Waals surface area contributed by atoms with E-state index in [-0.39, 0.29) is 18.2 Å². The molecule has 2 amide bonds. The number of amides is 2. The third-order valence-electron chi connectivity index (χ3n) is 2.10. The molecule has 0 aromatic carbocycles. The largest absolute Gasteiger partial charge is 0.352 e. The molecular weight excluding hydrogens is 204 g/mol. The number of carbonyl (C=O) groups excluding carboxylic acids is 2. The number of carbonyl (C=O) groups is 2. The highest BCUT2D eigenvalue weighted by atomic mass is 16.2. The Bertz CT molecular complexity index is 233. The topological polar surface area (TPSA) is 49.4 Å². The maximum Gasteiger partial charge on any atom is 0.232 e. The summed E-state index contributed by atoms with van der Waals surface area (Å²) in [6.07, 6.45) is 3.37. The maximum absolute atomic E-state index is 11.7. The molecule has 16 heavy (non-hydrogen) atoms. The lowest BCUT2D eigenvalue weighted by Crippen LogP contribution is -2.36. The highest BCUT2D eigenvalue weighted by molar-refractivity contribution is 5.96. The number of hydrogen-bond donors (Lipinski definition) is 1. The molecule has 0 aliphatic heterocycles. The Labute approximate surface area is 97.7 Å². The minimum Gasteiger partial charge on any atom is -0.352 e. The zero-order chi connectivity index (χ0) is 12.4. The van der Waals surface area contributed by atoms with Crippen LogP contribution in [0.1, 0.15) is 33.1 Å². The molecule has 0 radical (unpaired) electrons. The van der Waals surface area contributed by atoms with Crippen LogP contribution in [0.2, 0.25) is 0 Å². The SMILES string of the molecule is C=CCNC(=O)CC(=O)N(CCC)CCC. The summed E-state index contributed by atoms with van der Waals surface area (Å²) >= 11 is 0. The molecule has 1 N–H and O–H groups in total. The van der Waals surface area contributed by atoms with Gasteiger partial charge in [-0.2, -0.15) is 0 Å². The van der Waals surface area contributed by atoms with Crippen molar-refractivity contribution in [3.05, 3.63) is 12.7 Å². The fourth-order valence-electron chi connectivity index (χ4n) is 1.40. The zero-order valence-corrected chi connectivity index (χ0v) is 10.3. The number of nitrogens with zero attached hydrogens (tertiary/aromatic N) is 1. The van der Waals surface area contributed by atoms with Gasteiger partial charge in [-0.3, -0.25) is 9.59 Å². The summed E-state index contributed by atoms with van der Waals surface area (Å²) in [5, 5.41) is 2.60. The molecule has 4 nitrogen and oxygen atoms in total. The van der Waals surface area contributed by atoms with Gasteiger partial charge in [0, 0.05) is 19.6 Å². The average molecular weight is 226 g/mol. The third-order valence-corrected chi connectivity index (χ3v) is 2.10. The van der Waals surface area contributed by atoms with Gasteiger partial charge in [0.15, 0.2) is 0 Å². The van der Waals surface area contributed by atoms with Gasteiger partial charge >= 0.3 is 0 Å². The van der Waals surface area contributed by atoms with E-state index >= 15 is 0 Å². The molecule has 0 rings (SSSR count). The molecule has 0 aromatic rings. The van der Waals surface area contributed by atoms with Crippen LogP contribution in [0.3, 0.4) is 0 Å². The first-order valence-corrected chi connectivity index (χ1v) is 5.81. The van der Waals surface area contributed by atoms with Crippen LogP contribution in [-0.2, 0) is 9.59 Å². The third kappa shape index (κ3) is 6.22. The van der Waals surface area contributed by atoms with E-state index in [2.05, 4.69) is 11.9 Å². The van der Waals surface area contributed by atoms with E-state index in [1.807, 2.05) is 13.8 Å². The molecule has 0 aliphatic rings. The van der Waals surface area contributed by atoms with E-state index in [0.717, 1.165) is 25.9 Å². The molecule has 0 bridgehead atoms. The van der Waals surface area contributed by atoms with E-state index in [0.29, 0.717) is 6.54 Å². The summed E-state index contributed by atoms with van der Waals surface area (Å²) in [5.41, 5.74) is 0. The molecule has 92 valence electrons. The molecule has 0 unspecified atom stereocenters. The van der Waals surface area contributed by atoms with Crippen LogP contribution in [0.5, 0.6) is 0 Å². The van der Waals surface area contributed by atoms with E-state index in [9.17, 15) is 9.59 Å². The van der Waals surface area contributed by atoms with Crippen LogP contribution < -0.4 is 5.32 Å². The van der Waals surface area contributed by atoms with Gasteiger partial charge in [0.25, 0.3) is 0 Å². The van der Waals surface area contributed by atoms with Gasteiger partial charge < -0.3 is 10.2 Å². The van der Waals surface area contributed by atoms with Crippen molar-refractivity contribution in [3.8, 4) is 0 Å². The first-order valence-electron chi connectivity index (χ1n) is 5.81. The quantitative estimate of drug-likeness (QED) is 0.501. The Morgan fingerprint density at radius 1 is 1.25 bits per heavy atom. The molecule has 0 spiro atoms. The predicted molar refractivity (Wildman–Crippen MR) is 65.0 cm³/mol. The van der Waals surface area contributed by atoms with Crippen molar-refractivity contribution in [3.63, 3.8) is 0 Å². The summed E-state index contributed by atoms with van der Waals surface area (Å²) in [6, 6.07) is 0. The summed E-state index contributed by atoms with van der Waals surface area (Å²) < 4.78 is 0. The van der Waals surface area contributed by atoms with Crippen molar-refractivity contribution < 1.29 is 9.59 Å². The molecule has 0 saturated heterocycles. The van der Waals surface area contributed by atoms with Crippen LogP contribution in [0.15, 0.2) is 12.7 Å². The summed E-state index contributed by atoms with van der Waals surface area (Å²) in [7, 11) is 0. The lowest BCUT2D eigenvalue weighted by atomic mass is 10.3. The molecule has 4 heteroatoms. The lowest BCUT2D eigenvalue weighted by Gasteiger charge is -2.21. The maximum atomic E-state index is 11.7. The van der Waals surface area contributed by atoms with Crippen molar-refractivity contribution in [1.29, 1.82) is 0 Å². The van der Waals surface area contributed by atoms with Crippen LogP contribution >= 0.6 is 0 Å². The molecule has 0 saturated carbocycles. The molecule has 0 aliphatic carbocycles. The molecule has 0 heterocycles. The highest BCUT2D eigenvalue weighted by Gasteiger charge is 2.15. The van der Waals surface area contributed by atoms with Gasteiger partial charge in [0.1, 0.15) is 6.42 Å². The van der Waals surface area contributed by atoms with Crippen molar-refractivity contribution in [1.82, 2.24) is 10.2 Å². The van der Waals surface area contributed by atoms with Gasteiger partial charge in [-0.15, -0.1) is 6.58 Å². The van der Waals surface area contributed by atoms with Gasteiger partial charge in [-0.25, -0.2) is 0 Å². The fraction of sp³-hybridized carbons (Fsp3) is 0.667. The molecule has 0 fully saturated rings. The average Bonchev–Trinajstić information content (AvgIpc) is 2.26. The van der Waals surface area contributed by atoms with Crippen molar-refractivity contribution in [2.75, 3.05) is 19.6 Å². The Morgan fingerprint density at radius 2 is 1.81 bits per heavy atom. The highest BCUT2D eigenvalue weighted by Crippen LogP contribution is 1.98. The number of hydrogen-bond acceptors (Lipinski definition) is 2. The first kappa shape index (κ1) is 14.7. The van der Waals surface area contributed by atoms with Gasteiger partial charge in [-0.05, 0) is 12.8 Å². The van der Waals surface area contributed by atoms with E-state index in [4.69, 9.17) is 0 Å². The first-order chi connectivity index (χ1) is 7.65. The van der Waals surface area contributed by atoms with Crippen LogP contribution in [0.25, 0.3) is 0 Å². The zero-order valence-electron chi connectivity index (χ0n) is 10.3.